The van der Waals surface area contributed by atoms with Crippen molar-refractivity contribution in [2.24, 2.45) is 11.7 Å². The van der Waals surface area contributed by atoms with E-state index in [-0.39, 0.29) is 0 Å². The molecular weight excluding hydrogens is 170 g/mol. The molecule has 2 atom stereocenters. The molecular formula is C13H29N. The summed E-state index contributed by atoms with van der Waals surface area (Å²) in [5.41, 5.74) is 5.70. The van der Waals surface area contributed by atoms with Crippen molar-refractivity contribution in [3.63, 3.8) is 0 Å². The second-order valence-corrected chi connectivity index (χ2v) is 4.86. The van der Waals surface area contributed by atoms with Gasteiger partial charge in [-0.2, -0.15) is 0 Å². The quantitative estimate of drug-likeness (QED) is 0.556. The maximum atomic E-state index is 5.70. The van der Waals surface area contributed by atoms with E-state index in [9.17, 15) is 0 Å². The third kappa shape index (κ3) is 10.0. The molecule has 0 aliphatic carbocycles. The van der Waals surface area contributed by atoms with Crippen LogP contribution in [0.15, 0.2) is 0 Å². The lowest BCUT2D eigenvalue weighted by Crippen LogP contribution is -2.13. The van der Waals surface area contributed by atoms with Crippen LogP contribution in [-0.4, -0.2) is 6.04 Å². The number of hydrogen-bond acceptors (Lipinski definition) is 1. The van der Waals surface area contributed by atoms with Gasteiger partial charge in [0.15, 0.2) is 0 Å². The molecule has 0 aromatic heterocycles. The molecule has 0 heterocycles. The van der Waals surface area contributed by atoms with Gasteiger partial charge >= 0.3 is 0 Å². The summed E-state index contributed by atoms with van der Waals surface area (Å²) in [7, 11) is 0. The van der Waals surface area contributed by atoms with Crippen molar-refractivity contribution in [1.29, 1.82) is 0 Å². The van der Waals surface area contributed by atoms with Gasteiger partial charge < -0.3 is 5.73 Å². The molecule has 86 valence electrons. The van der Waals surface area contributed by atoms with Crippen molar-refractivity contribution in [3.8, 4) is 0 Å². The molecule has 2 unspecified atom stereocenters. The predicted molar refractivity (Wildman–Crippen MR) is 65.4 cm³/mol. The summed E-state index contributed by atoms with van der Waals surface area (Å²) in [6, 6.07) is 0.396. The van der Waals surface area contributed by atoms with Gasteiger partial charge in [-0.15, -0.1) is 0 Å². The molecule has 0 spiro atoms. The van der Waals surface area contributed by atoms with Crippen LogP contribution in [0.5, 0.6) is 0 Å². The molecule has 0 saturated carbocycles. The van der Waals surface area contributed by atoms with Crippen LogP contribution in [0, 0.1) is 5.92 Å². The standard InChI is InChI=1S/C13H29N/c1-4-5-9-12(2)10-7-6-8-11-13(3)14/h12-13H,4-11,14H2,1-3H3. The fraction of sp³-hybridized carbons (Fsp3) is 1.00. The van der Waals surface area contributed by atoms with E-state index in [1.165, 1.54) is 51.4 Å². The number of rotatable bonds is 9. The zero-order chi connectivity index (χ0) is 10.8. The van der Waals surface area contributed by atoms with E-state index >= 15 is 0 Å². The molecule has 0 fully saturated rings. The van der Waals surface area contributed by atoms with E-state index in [2.05, 4.69) is 20.8 Å². The average molecular weight is 199 g/mol. The lowest BCUT2D eigenvalue weighted by Gasteiger charge is -2.10. The molecule has 2 N–H and O–H groups in total. The zero-order valence-electron chi connectivity index (χ0n) is 10.4. The van der Waals surface area contributed by atoms with E-state index < -0.39 is 0 Å². The van der Waals surface area contributed by atoms with Crippen LogP contribution in [0.1, 0.15) is 72.1 Å². The SMILES string of the molecule is CCCCC(C)CCCCCC(C)N. The molecule has 0 amide bonds. The minimum atomic E-state index is 0.396. The molecule has 0 aromatic carbocycles. The van der Waals surface area contributed by atoms with Gasteiger partial charge in [0.2, 0.25) is 0 Å². The minimum absolute atomic E-state index is 0.396. The van der Waals surface area contributed by atoms with Crippen molar-refractivity contribution in [3.05, 3.63) is 0 Å². The van der Waals surface area contributed by atoms with Crippen LogP contribution < -0.4 is 5.73 Å². The van der Waals surface area contributed by atoms with Crippen molar-refractivity contribution in [1.82, 2.24) is 0 Å². The first kappa shape index (κ1) is 14.0. The third-order valence-electron chi connectivity index (χ3n) is 2.91. The Morgan fingerprint density at radius 3 is 2.00 bits per heavy atom. The Balaban J connectivity index is 3.10. The van der Waals surface area contributed by atoms with E-state index in [1.807, 2.05) is 0 Å². The van der Waals surface area contributed by atoms with Crippen molar-refractivity contribution >= 4 is 0 Å². The van der Waals surface area contributed by atoms with Crippen LogP contribution in [-0.2, 0) is 0 Å². The molecule has 0 bridgehead atoms. The fourth-order valence-corrected chi connectivity index (χ4v) is 1.83. The molecule has 0 saturated heterocycles. The van der Waals surface area contributed by atoms with Crippen LogP contribution in [0.2, 0.25) is 0 Å². The second kappa shape index (κ2) is 9.51. The molecule has 1 heteroatoms. The number of hydrogen-bond donors (Lipinski definition) is 1. The van der Waals surface area contributed by atoms with Gasteiger partial charge in [0.05, 0.1) is 0 Å². The maximum Gasteiger partial charge on any atom is 0.00104 e. The van der Waals surface area contributed by atoms with Crippen molar-refractivity contribution in [2.75, 3.05) is 0 Å². The Morgan fingerprint density at radius 2 is 1.43 bits per heavy atom. The van der Waals surface area contributed by atoms with Gasteiger partial charge in [-0.05, 0) is 19.3 Å². The van der Waals surface area contributed by atoms with Crippen LogP contribution in [0.3, 0.4) is 0 Å². The average Bonchev–Trinajstić information content (AvgIpc) is 2.13. The normalized spacial score (nSPS) is 15.4. The lowest BCUT2D eigenvalue weighted by atomic mass is 9.97. The molecule has 1 nitrogen and oxygen atoms in total. The first-order valence-electron chi connectivity index (χ1n) is 6.42. The van der Waals surface area contributed by atoms with Crippen LogP contribution >= 0.6 is 0 Å². The number of unbranched alkanes of at least 4 members (excludes halogenated alkanes) is 3. The summed E-state index contributed by atoms with van der Waals surface area (Å²) in [5, 5.41) is 0. The van der Waals surface area contributed by atoms with E-state index in [4.69, 9.17) is 5.73 Å². The lowest BCUT2D eigenvalue weighted by molar-refractivity contribution is 0.440. The molecule has 14 heavy (non-hydrogen) atoms. The summed E-state index contributed by atoms with van der Waals surface area (Å²) in [5.74, 6) is 0.935. The van der Waals surface area contributed by atoms with Gasteiger partial charge in [0, 0.05) is 6.04 Å². The Labute approximate surface area is 90.5 Å². The monoisotopic (exact) mass is 199 g/mol. The highest BCUT2D eigenvalue weighted by atomic mass is 14.6. The Morgan fingerprint density at radius 1 is 0.857 bits per heavy atom. The van der Waals surface area contributed by atoms with Gasteiger partial charge in [-0.25, -0.2) is 0 Å². The largest absolute Gasteiger partial charge is 0.328 e. The maximum absolute atomic E-state index is 5.70. The Kier molecular flexibility index (Phi) is 9.49. The summed E-state index contributed by atoms with van der Waals surface area (Å²) in [6.07, 6.45) is 10.9. The van der Waals surface area contributed by atoms with Crippen LogP contribution in [0.4, 0.5) is 0 Å². The molecule has 0 aliphatic rings. The van der Waals surface area contributed by atoms with E-state index in [0.717, 1.165) is 5.92 Å². The molecule has 0 aromatic rings. The van der Waals surface area contributed by atoms with Gasteiger partial charge in [-0.3, -0.25) is 0 Å². The Hall–Kier alpha value is -0.0400. The minimum Gasteiger partial charge on any atom is -0.328 e. The highest BCUT2D eigenvalue weighted by molar-refractivity contribution is 4.56. The first-order chi connectivity index (χ1) is 6.66. The Bertz CT molecular complexity index is 110. The zero-order valence-corrected chi connectivity index (χ0v) is 10.4. The molecule has 0 radical (unpaired) electrons. The van der Waals surface area contributed by atoms with Gasteiger partial charge in [-0.1, -0.05) is 58.8 Å². The van der Waals surface area contributed by atoms with Crippen LogP contribution in [0.25, 0.3) is 0 Å². The molecule has 0 aliphatic heterocycles. The van der Waals surface area contributed by atoms with Gasteiger partial charge in [0.25, 0.3) is 0 Å². The van der Waals surface area contributed by atoms with E-state index in [1.54, 1.807) is 0 Å². The van der Waals surface area contributed by atoms with Gasteiger partial charge in [0.1, 0.15) is 0 Å². The summed E-state index contributed by atoms with van der Waals surface area (Å²) < 4.78 is 0. The summed E-state index contributed by atoms with van der Waals surface area (Å²) in [4.78, 5) is 0. The first-order valence-corrected chi connectivity index (χ1v) is 6.42. The highest BCUT2D eigenvalue weighted by Crippen LogP contribution is 2.16. The summed E-state index contributed by atoms with van der Waals surface area (Å²) in [6.45, 7) is 6.76. The van der Waals surface area contributed by atoms with E-state index in [0.29, 0.717) is 6.04 Å². The van der Waals surface area contributed by atoms with Crippen molar-refractivity contribution in [2.45, 2.75) is 78.2 Å². The fourth-order valence-electron chi connectivity index (χ4n) is 1.83. The highest BCUT2D eigenvalue weighted by Gasteiger charge is 2.01. The predicted octanol–water partition coefficient (Wildman–Crippen LogP) is 4.11. The number of nitrogens with two attached hydrogens (primary N) is 1. The van der Waals surface area contributed by atoms with Crippen molar-refractivity contribution < 1.29 is 0 Å². The summed E-state index contributed by atoms with van der Waals surface area (Å²) >= 11 is 0. The third-order valence-corrected chi connectivity index (χ3v) is 2.91. The topological polar surface area (TPSA) is 26.0 Å². The smallest absolute Gasteiger partial charge is 0.00104 e. The molecule has 0 rings (SSSR count). The second-order valence-electron chi connectivity index (χ2n) is 4.86.